The fourth-order valence-electron chi connectivity index (χ4n) is 5.23. The van der Waals surface area contributed by atoms with E-state index >= 15 is 0 Å². The Morgan fingerprint density at radius 3 is 2.68 bits per heavy atom. The normalized spacial score (nSPS) is 17.4. The van der Waals surface area contributed by atoms with Crippen molar-refractivity contribution in [1.82, 2.24) is 30.2 Å². The standard InChI is InChI=1S/C29H37FN6O5/c1-21(31-28(37)25-7-4-17-40-25)29(38)36-14-5-12-34(15-16-36)13-6-18-39-22-8-9-23(24(30)19-22)27-32-26(41-33-27)20-35-10-2-3-11-35/h4,7-9,17,19,21H,2-3,5-6,10-16,18,20H2,1H3,(H,31,37)/t21-/m0/s1. The van der Waals surface area contributed by atoms with E-state index in [1.165, 1.54) is 25.2 Å². The molecule has 2 fully saturated rings. The Bertz CT molecular complexity index is 1290. The maximum absolute atomic E-state index is 14.8. The number of halogens is 1. The van der Waals surface area contributed by atoms with Gasteiger partial charge in [0.15, 0.2) is 5.76 Å². The lowest BCUT2D eigenvalue weighted by atomic mass is 10.2. The van der Waals surface area contributed by atoms with E-state index in [1.807, 2.05) is 0 Å². The molecule has 0 unspecified atom stereocenters. The van der Waals surface area contributed by atoms with Gasteiger partial charge >= 0.3 is 0 Å². The van der Waals surface area contributed by atoms with Gasteiger partial charge in [-0.05, 0) is 76.5 Å². The van der Waals surface area contributed by atoms with E-state index in [2.05, 4.69) is 25.3 Å². The lowest BCUT2D eigenvalue weighted by Crippen LogP contribution is -2.48. The van der Waals surface area contributed by atoms with E-state index in [1.54, 1.807) is 36.1 Å². The van der Waals surface area contributed by atoms with Crippen LogP contribution in [0.2, 0.25) is 0 Å². The second-order valence-corrected chi connectivity index (χ2v) is 10.5. The Kier molecular flexibility index (Phi) is 9.63. The van der Waals surface area contributed by atoms with Gasteiger partial charge in [-0.15, -0.1) is 0 Å². The molecular formula is C29H37FN6O5. The molecule has 4 heterocycles. The molecule has 0 radical (unpaired) electrons. The van der Waals surface area contributed by atoms with Gasteiger partial charge in [-0.1, -0.05) is 5.16 Å². The summed E-state index contributed by atoms with van der Waals surface area (Å²) < 4.78 is 31.0. The molecule has 11 nitrogen and oxygen atoms in total. The molecule has 3 aromatic rings. The van der Waals surface area contributed by atoms with Crippen LogP contribution in [0.15, 0.2) is 45.5 Å². The van der Waals surface area contributed by atoms with Crippen molar-refractivity contribution in [3.8, 4) is 17.1 Å². The largest absolute Gasteiger partial charge is 0.493 e. The van der Waals surface area contributed by atoms with Crippen LogP contribution in [-0.4, -0.2) is 95.1 Å². The lowest BCUT2D eigenvalue weighted by Gasteiger charge is -2.25. The second-order valence-electron chi connectivity index (χ2n) is 10.5. The van der Waals surface area contributed by atoms with Crippen molar-refractivity contribution in [2.75, 3.05) is 52.4 Å². The Morgan fingerprint density at radius 1 is 1.07 bits per heavy atom. The third-order valence-electron chi connectivity index (χ3n) is 7.46. The van der Waals surface area contributed by atoms with Crippen molar-refractivity contribution in [3.05, 3.63) is 54.1 Å². The minimum atomic E-state index is -0.642. The van der Waals surface area contributed by atoms with Crippen LogP contribution >= 0.6 is 0 Å². The highest BCUT2D eigenvalue weighted by Gasteiger charge is 2.25. The summed E-state index contributed by atoms with van der Waals surface area (Å²) in [5.41, 5.74) is 0.285. The highest BCUT2D eigenvalue weighted by molar-refractivity contribution is 5.95. The van der Waals surface area contributed by atoms with Gasteiger partial charge in [0.25, 0.3) is 5.91 Å². The van der Waals surface area contributed by atoms with Crippen molar-refractivity contribution in [3.63, 3.8) is 0 Å². The number of ether oxygens (including phenoxy) is 1. The van der Waals surface area contributed by atoms with Crippen LogP contribution in [0.4, 0.5) is 4.39 Å². The van der Waals surface area contributed by atoms with Gasteiger partial charge in [0, 0.05) is 32.2 Å². The Balaban J connectivity index is 1.02. The summed E-state index contributed by atoms with van der Waals surface area (Å²) in [7, 11) is 0. The van der Waals surface area contributed by atoms with Crippen molar-refractivity contribution in [2.24, 2.45) is 0 Å². The first-order valence-corrected chi connectivity index (χ1v) is 14.3. The second kappa shape index (κ2) is 13.7. The number of nitrogens with zero attached hydrogens (tertiary/aromatic N) is 5. The Hall–Kier alpha value is -3.77. The number of carbonyl (C=O) groups is 2. The molecule has 2 saturated heterocycles. The summed E-state index contributed by atoms with van der Waals surface area (Å²) in [6.07, 6.45) is 5.37. The summed E-state index contributed by atoms with van der Waals surface area (Å²) in [5, 5.41) is 6.66. The molecule has 12 heteroatoms. The number of likely N-dealkylation sites (tertiary alicyclic amines) is 1. The first-order chi connectivity index (χ1) is 20.0. The Morgan fingerprint density at radius 2 is 1.90 bits per heavy atom. The van der Waals surface area contributed by atoms with E-state index in [0.717, 1.165) is 45.6 Å². The van der Waals surface area contributed by atoms with E-state index in [9.17, 15) is 14.0 Å². The van der Waals surface area contributed by atoms with Gasteiger partial charge in [0.1, 0.15) is 17.6 Å². The maximum atomic E-state index is 14.8. The predicted octanol–water partition coefficient (Wildman–Crippen LogP) is 3.19. The van der Waals surface area contributed by atoms with Crippen molar-refractivity contribution in [1.29, 1.82) is 0 Å². The number of aromatic nitrogens is 2. The van der Waals surface area contributed by atoms with Crippen LogP contribution in [0.25, 0.3) is 11.4 Å². The van der Waals surface area contributed by atoms with E-state index in [4.69, 9.17) is 13.7 Å². The van der Waals surface area contributed by atoms with E-state index in [-0.39, 0.29) is 23.1 Å². The van der Waals surface area contributed by atoms with Crippen molar-refractivity contribution in [2.45, 2.75) is 45.2 Å². The average molecular weight is 569 g/mol. The monoisotopic (exact) mass is 568 g/mol. The van der Waals surface area contributed by atoms with Crippen LogP contribution in [0.5, 0.6) is 5.75 Å². The molecule has 0 saturated carbocycles. The maximum Gasteiger partial charge on any atom is 0.287 e. The predicted molar refractivity (Wildman–Crippen MR) is 148 cm³/mol. The molecule has 0 spiro atoms. The zero-order valence-corrected chi connectivity index (χ0v) is 23.4. The number of benzene rings is 1. The first kappa shape index (κ1) is 28.7. The molecule has 2 aliphatic heterocycles. The number of hydrogen-bond acceptors (Lipinski definition) is 9. The van der Waals surface area contributed by atoms with E-state index in [0.29, 0.717) is 37.9 Å². The molecule has 0 aliphatic carbocycles. The quantitative estimate of drug-likeness (QED) is 0.348. The highest BCUT2D eigenvalue weighted by Crippen LogP contribution is 2.25. The molecule has 1 N–H and O–H groups in total. The van der Waals surface area contributed by atoms with E-state index < -0.39 is 17.8 Å². The SMILES string of the molecule is C[C@H](NC(=O)c1ccco1)C(=O)N1CCCN(CCCOc2ccc(-c3noc(CN4CCCC4)n3)c(F)c2)CC1. The molecule has 220 valence electrons. The fraction of sp³-hybridized carbons (Fsp3) is 0.517. The van der Waals surface area contributed by atoms with Crippen LogP contribution in [0.3, 0.4) is 0 Å². The van der Waals surface area contributed by atoms with Crippen molar-refractivity contribution < 1.29 is 27.7 Å². The third-order valence-corrected chi connectivity index (χ3v) is 7.46. The van der Waals surface area contributed by atoms with Gasteiger partial charge in [0.2, 0.25) is 17.6 Å². The summed E-state index contributed by atoms with van der Waals surface area (Å²) in [6.45, 7) is 8.37. The number of carbonyl (C=O) groups excluding carboxylic acids is 2. The number of hydrogen-bond donors (Lipinski definition) is 1. The van der Waals surface area contributed by atoms with Crippen LogP contribution in [-0.2, 0) is 11.3 Å². The Labute approximate surface area is 238 Å². The molecule has 2 amide bonds. The number of amides is 2. The number of rotatable bonds is 11. The molecule has 1 atom stereocenters. The molecule has 41 heavy (non-hydrogen) atoms. The minimum absolute atomic E-state index is 0.107. The molecular weight excluding hydrogens is 531 g/mol. The average Bonchev–Trinajstić information content (AvgIpc) is 3.74. The molecule has 2 aliphatic rings. The summed E-state index contributed by atoms with van der Waals surface area (Å²) >= 11 is 0. The van der Waals surface area contributed by atoms with Crippen molar-refractivity contribution >= 4 is 11.8 Å². The minimum Gasteiger partial charge on any atom is -0.493 e. The van der Waals surface area contributed by atoms with Crippen LogP contribution in [0.1, 0.15) is 49.1 Å². The fourth-order valence-corrected chi connectivity index (χ4v) is 5.23. The molecule has 0 bridgehead atoms. The molecule has 5 rings (SSSR count). The van der Waals surface area contributed by atoms with Gasteiger partial charge in [-0.3, -0.25) is 14.5 Å². The lowest BCUT2D eigenvalue weighted by molar-refractivity contribution is -0.132. The summed E-state index contributed by atoms with van der Waals surface area (Å²) in [5.74, 6) is 0.401. The smallest absolute Gasteiger partial charge is 0.287 e. The zero-order chi connectivity index (χ0) is 28.6. The highest BCUT2D eigenvalue weighted by atomic mass is 19.1. The zero-order valence-electron chi connectivity index (χ0n) is 23.4. The summed E-state index contributed by atoms with van der Waals surface area (Å²) in [6, 6.07) is 7.24. The molecule has 2 aromatic heterocycles. The van der Waals surface area contributed by atoms with Gasteiger partial charge in [-0.25, -0.2) is 4.39 Å². The first-order valence-electron chi connectivity index (χ1n) is 14.3. The van der Waals surface area contributed by atoms with Crippen LogP contribution in [0, 0.1) is 5.82 Å². The molecule has 1 aromatic carbocycles. The third kappa shape index (κ3) is 7.70. The number of nitrogens with one attached hydrogen (secondary N) is 1. The topological polar surface area (TPSA) is 117 Å². The summed E-state index contributed by atoms with van der Waals surface area (Å²) in [4.78, 5) is 35.8. The van der Waals surface area contributed by atoms with Gasteiger partial charge < -0.3 is 28.8 Å². The van der Waals surface area contributed by atoms with Gasteiger partial charge in [0.05, 0.1) is 25.0 Å². The van der Waals surface area contributed by atoms with Crippen LogP contribution < -0.4 is 10.1 Å². The number of furan rings is 1. The van der Waals surface area contributed by atoms with Gasteiger partial charge in [-0.2, -0.15) is 4.98 Å².